The van der Waals surface area contributed by atoms with Crippen LogP contribution in [0.5, 0.6) is 0 Å². The molecule has 7 heteroatoms. The molecule has 2 heterocycles. The molecule has 1 aliphatic rings. The Balaban J connectivity index is 1.33. The third-order valence-electron chi connectivity index (χ3n) is 4.82. The van der Waals surface area contributed by atoms with Crippen LogP contribution < -0.4 is 0 Å². The maximum atomic E-state index is 12.5. The van der Waals surface area contributed by atoms with E-state index in [-0.39, 0.29) is 5.91 Å². The minimum absolute atomic E-state index is 0.190. The molecule has 138 valence electrons. The topological polar surface area (TPSA) is 67.2 Å². The minimum Gasteiger partial charge on any atom is -0.340 e. The van der Waals surface area contributed by atoms with Crippen LogP contribution in [0.15, 0.2) is 60.7 Å². The third kappa shape index (κ3) is 4.20. The number of benzene rings is 2. The van der Waals surface area contributed by atoms with Crippen LogP contribution in [0.4, 0.5) is 0 Å². The van der Waals surface area contributed by atoms with Crippen molar-refractivity contribution in [2.45, 2.75) is 13.0 Å². The number of para-hydroxylation sites is 1. The summed E-state index contributed by atoms with van der Waals surface area (Å²) in [6, 6.07) is 19.8. The van der Waals surface area contributed by atoms with E-state index in [4.69, 9.17) is 0 Å². The Morgan fingerprint density at radius 3 is 2.26 bits per heavy atom. The highest BCUT2D eigenvalue weighted by atomic mass is 16.2. The number of rotatable bonds is 5. The molecule has 0 unspecified atom stereocenters. The molecule has 1 saturated heterocycles. The number of hydrogen-bond donors (Lipinski definition) is 0. The SMILES string of the molecule is O=C(Cc1ccccc1)N1CCN(Cc2nnnn2-c2ccccc2)CC1. The van der Waals surface area contributed by atoms with Crippen LogP contribution in [-0.4, -0.2) is 62.1 Å². The highest BCUT2D eigenvalue weighted by Crippen LogP contribution is 2.12. The molecule has 7 nitrogen and oxygen atoms in total. The predicted octanol–water partition coefficient (Wildman–Crippen LogP) is 1.55. The lowest BCUT2D eigenvalue weighted by molar-refractivity contribution is -0.132. The first-order chi connectivity index (χ1) is 13.3. The lowest BCUT2D eigenvalue weighted by Gasteiger charge is -2.34. The summed E-state index contributed by atoms with van der Waals surface area (Å²) in [5.41, 5.74) is 2.01. The van der Waals surface area contributed by atoms with Crippen LogP contribution >= 0.6 is 0 Å². The smallest absolute Gasteiger partial charge is 0.227 e. The second kappa shape index (κ2) is 8.09. The number of amides is 1. The van der Waals surface area contributed by atoms with Gasteiger partial charge in [-0.15, -0.1) is 5.10 Å². The first-order valence-electron chi connectivity index (χ1n) is 9.16. The standard InChI is InChI=1S/C20H22N6O/c27-20(15-17-7-3-1-4-8-17)25-13-11-24(12-14-25)16-19-21-22-23-26(19)18-9-5-2-6-10-18/h1-10H,11-16H2. The highest BCUT2D eigenvalue weighted by molar-refractivity contribution is 5.78. The number of tetrazole rings is 1. The number of nitrogens with zero attached hydrogens (tertiary/aromatic N) is 6. The molecule has 0 bridgehead atoms. The molecule has 1 amide bonds. The Bertz CT molecular complexity index is 872. The fourth-order valence-corrected chi connectivity index (χ4v) is 3.31. The number of carbonyl (C=O) groups is 1. The zero-order valence-electron chi connectivity index (χ0n) is 15.1. The van der Waals surface area contributed by atoms with Gasteiger partial charge in [-0.3, -0.25) is 9.69 Å². The van der Waals surface area contributed by atoms with E-state index in [2.05, 4.69) is 20.4 Å². The van der Waals surface area contributed by atoms with Crippen LogP contribution in [0.2, 0.25) is 0 Å². The van der Waals surface area contributed by atoms with E-state index >= 15 is 0 Å². The molecule has 0 spiro atoms. The highest BCUT2D eigenvalue weighted by Gasteiger charge is 2.22. The van der Waals surface area contributed by atoms with Gasteiger partial charge in [0.1, 0.15) is 0 Å². The van der Waals surface area contributed by atoms with Crippen molar-refractivity contribution < 1.29 is 4.79 Å². The van der Waals surface area contributed by atoms with Crippen molar-refractivity contribution in [1.29, 1.82) is 0 Å². The van der Waals surface area contributed by atoms with Gasteiger partial charge >= 0.3 is 0 Å². The van der Waals surface area contributed by atoms with E-state index in [1.807, 2.05) is 65.6 Å². The molecule has 3 aromatic rings. The fourth-order valence-electron chi connectivity index (χ4n) is 3.31. The number of carbonyl (C=O) groups excluding carboxylic acids is 1. The van der Waals surface area contributed by atoms with E-state index in [1.165, 1.54) is 0 Å². The van der Waals surface area contributed by atoms with Gasteiger partial charge in [0, 0.05) is 26.2 Å². The molecule has 1 fully saturated rings. The van der Waals surface area contributed by atoms with Gasteiger partial charge in [0.2, 0.25) is 5.91 Å². The summed E-state index contributed by atoms with van der Waals surface area (Å²) < 4.78 is 1.77. The zero-order valence-corrected chi connectivity index (χ0v) is 15.1. The summed E-state index contributed by atoms with van der Waals surface area (Å²) in [5, 5.41) is 12.1. The monoisotopic (exact) mass is 362 g/mol. The van der Waals surface area contributed by atoms with Gasteiger partial charge in [-0.1, -0.05) is 48.5 Å². The van der Waals surface area contributed by atoms with E-state index in [0.29, 0.717) is 13.0 Å². The van der Waals surface area contributed by atoms with Gasteiger partial charge in [-0.25, -0.2) is 0 Å². The average Bonchev–Trinajstić information content (AvgIpc) is 3.18. The van der Waals surface area contributed by atoms with Crippen molar-refractivity contribution in [2.75, 3.05) is 26.2 Å². The molecule has 27 heavy (non-hydrogen) atoms. The molecule has 1 aromatic heterocycles. The number of aromatic nitrogens is 4. The van der Waals surface area contributed by atoms with Crippen LogP contribution in [0.3, 0.4) is 0 Å². The van der Waals surface area contributed by atoms with Crippen LogP contribution in [0.1, 0.15) is 11.4 Å². The van der Waals surface area contributed by atoms with E-state index in [0.717, 1.165) is 43.3 Å². The summed E-state index contributed by atoms with van der Waals surface area (Å²) >= 11 is 0. The van der Waals surface area contributed by atoms with Gasteiger partial charge < -0.3 is 4.90 Å². The van der Waals surface area contributed by atoms with Gasteiger partial charge in [-0.05, 0) is 28.1 Å². The average molecular weight is 362 g/mol. The van der Waals surface area contributed by atoms with Crippen molar-refractivity contribution in [3.05, 3.63) is 72.1 Å². The Morgan fingerprint density at radius 2 is 1.56 bits per heavy atom. The van der Waals surface area contributed by atoms with Gasteiger partial charge in [0.25, 0.3) is 0 Å². The van der Waals surface area contributed by atoms with E-state index in [9.17, 15) is 4.79 Å². The normalized spacial score (nSPS) is 15.0. The molecule has 0 atom stereocenters. The Morgan fingerprint density at radius 1 is 0.889 bits per heavy atom. The molecule has 0 radical (unpaired) electrons. The Hall–Kier alpha value is -3.06. The van der Waals surface area contributed by atoms with Crippen molar-refractivity contribution in [1.82, 2.24) is 30.0 Å². The molecular formula is C20H22N6O. The quantitative estimate of drug-likeness (QED) is 0.689. The van der Waals surface area contributed by atoms with Gasteiger partial charge in [0.15, 0.2) is 5.82 Å². The summed E-state index contributed by atoms with van der Waals surface area (Å²) in [6.45, 7) is 3.78. The van der Waals surface area contributed by atoms with E-state index in [1.54, 1.807) is 4.68 Å². The number of piperazine rings is 1. The second-order valence-corrected chi connectivity index (χ2v) is 6.66. The van der Waals surface area contributed by atoms with E-state index < -0.39 is 0 Å². The molecule has 0 aliphatic carbocycles. The molecular weight excluding hydrogens is 340 g/mol. The third-order valence-corrected chi connectivity index (χ3v) is 4.82. The first kappa shape index (κ1) is 17.4. The first-order valence-corrected chi connectivity index (χ1v) is 9.16. The van der Waals surface area contributed by atoms with Crippen LogP contribution in [0, 0.1) is 0 Å². The maximum absolute atomic E-state index is 12.5. The molecule has 2 aromatic carbocycles. The molecule has 1 aliphatic heterocycles. The minimum atomic E-state index is 0.190. The van der Waals surface area contributed by atoms with Gasteiger partial charge in [-0.2, -0.15) is 4.68 Å². The molecule has 4 rings (SSSR count). The Kier molecular flexibility index (Phi) is 5.20. The maximum Gasteiger partial charge on any atom is 0.227 e. The lowest BCUT2D eigenvalue weighted by atomic mass is 10.1. The second-order valence-electron chi connectivity index (χ2n) is 6.66. The summed E-state index contributed by atoms with van der Waals surface area (Å²) in [4.78, 5) is 16.7. The van der Waals surface area contributed by atoms with Crippen molar-refractivity contribution in [3.8, 4) is 5.69 Å². The van der Waals surface area contributed by atoms with Crippen molar-refractivity contribution in [2.24, 2.45) is 0 Å². The van der Waals surface area contributed by atoms with Crippen LogP contribution in [0.25, 0.3) is 5.69 Å². The summed E-state index contributed by atoms with van der Waals surface area (Å²) in [5.74, 6) is 1.00. The lowest BCUT2D eigenvalue weighted by Crippen LogP contribution is -2.48. The van der Waals surface area contributed by atoms with Crippen molar-refractivity contribution in [3.63, 3.8) is 0 Å². The predicted molar refractivity (Wildman–Crippen MR) is 101 cm³/mol. The summed E-state index contributed by atoms with van der Waals surface area (Å²) in [6.07, 6.45) is 0.465. The largest absolute Gasteiger partial charge is 0.340 e. The van der Waals surface area contributed by atoms with Gasteiger partial charge in [0.05, 0.1) is 18.7 Å². The molecule has 0 saturated carbocycles. The van der Waals surface area contributed by atoms with Crippen molar-refractivity contribution >= 4 is 5.91 Å². The number of hydrogen-bond acceptors (Lipinski definition) is 5. The van der Waals surface area contributed by atoms with Crippen LogP contribution in [-0.2, 0) is 17.8 Å². The molecule has 0 N–H and O–H groups in total. The zero-order chi connectivity index (χ0) is 18.5. The Labute approximate surface area is 158 Å². The fraction of sp³-hybridized carbons (Fsp3) is 0.300. The summed E-state index contributed by atoms with van der Waals surface area (Å²) in [7, 11) is 0.